The fraction of sp³-hybridized carbons (Fsp3) is 0.833. The van der Waals surface area contributed by atoms with Crippen LogP contribution in [0, 0.1) is 0 Å². The van der Waals surface area contributed by atoms with Crippen molar-refractivity contribution in [2.24, 2.45) is 0 Å². The van der Waals surface area contributed by atoms with Gasteiger partial charge in [0.25, 0.3) is 0 Å². The summed E-state index contributed by atoms with van der Waals surface area (Å²) in [6.07, 6.45) is 0.660. The number of hydrogen-bond acceptors (Lipinski definition) is 5. The van der Waals surface area contributed by atoms with Crippen LogP contribution in [0.2, 0.25) is 0 Å². The van der Waals surface area contributed by atoms with Crippen LogP contribution < -0.4 is 0 Å². The standard InChI is InChI=1S/C12H18N2O3S2/c15-11(10-8-18-5-6-19-10)13-2-1-9(7-13)14-3-4-17-12(14)16/h9-10H,1-8H2. The predicted molar refractivity (Wildman–Crippen MR) is 76.6 cm³/mol. The normalized spacial score (nSPS) is 31.7. The Bertz CT molecular complexity index is 374. The van der Waals surface area contributed by atoms with Crippen LogP contribution in [0.5, 0.6) is 0 Å². The predicted octanol–water partition coefficient (Wildman–Crippen LogP) is 0.888. The number of amides is 2. The van der Waals surface area contributed by atoms with Gasteiger partial charge < -0.3 is 9.64 Å². The van der Waals surface area contributed by atoms with Gasteiger partial charge in [0.2, 0.25) is 5.91 Å². The lowest BCUT2D eigenvalue weighted by atomic mass is 10.2. The third kappa shape index (κ3) is 2.81. The van der Waals surface area contributed by atoms with Crippen molar-refractivity contribution in [2.45, 2.75) is 17.7 Å². The molecule has 2 atom stereocenters. The summed E-state index contributed by atoms with van der Waals surface area (Å²) >= 11 is 3.64. The van der Waals surface area contributed by atoms with E-state index >= 15 is 0 Å². The van der Waals surface area contributed by atoms with E-state index in [1.807, 2.05) is 16.7 Å². The molecule has 19 heavy (non-hydrogen) atoms. The van der Waals surface area contributed by atoms with E-state index in [9.17, 15) is 9.59 Å². The Morgan fingerprint density at radius 2 is 2.21 bits per heavy atom. The van der Waals surface area contributed by atoms with E-state index in [-0.39, 0.29) is 23.3 Å². The summed E-state index contributed by atoms with van der Waals surface area (Å²) in [5, 5.41) is 0.114. The maximum absolute atomic E-state index is 12.4. The van der Waals surface area contributed by atoms with Gasteiger partial charge in [0, 0.05) is 30.3 Å². The maximum Gasteiger partial charge on any atom is 0.410 e. The van der Waals surface area contributed by atoms with Crippen LogP contribution in [0.3, 0.4) is 0 Å². The molecule has 0 saturated carbocycles. The Balaban J connectivity index is 1.56. The minimum atomic E-state index is -0.220. The van der Waals surface area contributed by atoms with Gasteiger partial charge in [-0.2, -0.15) is 11.8 Å². The van der Waals surface area contributed by atoms with Crippen LogP contribution in [0.15, 0.2) is 0 Å². The number of ether oxygens (including phenoxy) is 1. The lowest BCUT2D eigenvalue weighted by Crippen LogP contribution is -2.42. The van der Waals surface area contributed by atoms with Gasteiger partial charge in [-0.15, -0.1) is 11.8 Å². The number of nitrogens with zero attached hydrogens (tertiary/aromatic N) is 2. The molecule has 3 heterocycles. The molecule has 3 aliphatic rings. The SMILES string of the molecule is O=C(C1CSCCS1)N1CCC(N2CCOC2=O)C1. The van der Waals surface area contributed by atoms with Crippen molar-refractivity contribution in [3.05, 3.63) is 0 Å². The quantitative estimate of drug-likeness (QED) is 0.758. The van der Waals surface area contributed by atoms with Gasteiger partial charge in [-0.25, -0.2) is 4.79 Å². The molecule has 106 valence electrons. The van der Waals surface area contributed by atoms with Crippen molar-refractivity contribution in [3.63, 3.8) is 0 Å². The molecule has 2 unspecified atom stereocenters. The molecular weight excluding hydrogens is 284 g/mol. The van der Waals surface area contributed by atoms with Crippen molar-refractivity contribution < 1.29 is 14.3 Å². The highest BCUT2D eigenvalue weighted by Gasteiger charge is 2.38. The minimum Gasteiger partial charge on any atom is -0.448 e. The van der Waals surface area contributed by atoms with Crippen molar-refractivity contribution in [3.8, 4) is 0 Å². The highest BCUT2D eigenvalue weighted by atomic mass is 32.2. The van der Waals surface area contributed by atoms with E-state index in [0.29, 0.717) is 19.7 Å². The summed E-state index contributed by atoms with van der Waals surface area (Å²) < 4.78 is 4.97. The summed E-state index contributed by atoms with van der Waals surface area (Å²) in [5.74, 6) is 3.40. The number of hydrogen-bond donors (Lipinski definition) is 0. The van der Waals surface area contributed by atoms with Gasteiger partial charge in [0.15, 0.2) is 0 Å². The topological polar surface area (TPSA) is 49.9 Å². The van der Waals surface area contributed by atoms with Crippen LogP contribution in [-0.2, 0) is 9.53 Å². The summed E-state index contributed by atoms with van der Waals surface area (Å²) in [6, 6.07) is 0.153. The van der Waals surface area contributed by atoms with E-state index < -0.39 is 0 Å². The lowest BCUT2D eigenvalue weighted by molar-refractivity contribution is -0.129. The maximum atomic E-state index is 12.4. The number of thioether (sulfide) groups is 2. The van der Waals surface area contributed by atoms with Crippen LogP contribution in [0.1, 0.15) is 6.42 Å². The highest BCUT2D eigenvalue weighted by Crippen LogP contribution is 2.28. The zero-order valence-electron chi connectivity index (χ0n) is 10.7. The van der Waals surface area contributed by atoms with Crippen molar-refractivity contribution >= 4 is 35.5 Å². The molecule has 3 saturated heterocycles. The van der Waals surface area contributed by atoms with Crippen molar-refractivity contribution in [1.29, 1.82) is 0 Å². The molecule has 0 aromatic carbocycles. The summed E-state index contributed by atoms with van der Waals surface area (Å²) in [4.78, 5) is 27.6. The molecule has 0 aromatic heterocycles. The molecule has 3 aliphatic heterocycles. The molecule has 0 aromatic rings. The lowest BCUT2D eigenvalue weighted by Gasteiger charge is -2.26. The van der Waals surface area contributed by atoms with Gasteiger partial charge in [-0.1, -0.05) is 0 Å². The second kappa shape index (κ2) is 5.83. The van der Waals surface area contributed by atoms with Crippen molar-refractivity contribution in [2.75, 3.05) is 43.5 Å². The van der Waals surface area contributed by atoms with Gasteiger partial charge in [0.1, 0.15) is 6.61 Å². The Morgan fingerprint density at radius 1 is 1.32 bits per heavy atom. The fourth-order valence-corrected chi connectivity index (χ4v) is 5.40. The third-order valence-electron chi connectivity index (χ3n) is 3.80. The Morgan fingerprint density at radius 3 is 2.89 bits per heavy atom. The Labute approximate surface area is 121 Å². The summed E-state index contributed by atoms with van der Waals surface area (Å²) in [5.41, 5.74) is 0. The highest BCUT2D eigenvalue weighted by molar-refractivity contribution is 8.07. The van der Waals surface area contributed by atoms with E-state index in [1.54, 1.807) is 16.7 Å². The van der Waals surface area contributed by atoms with Gasteiger partial charge in [0.05, 0.1) is 17.8 Å². The molecule has 0 bridgehead atoms. The molecule has 0 aliphatic carbocycles. The zero-order chi connectivity index (χ0) is 13.2. The van der Waals surface area contributed by atoms with Crippen LogP contribution in [0.4, 0.5) is 4.79 Å². The van der Waals surface area contributed by atoms with Crippen LogP contribution >= 0.6 is 23.5 Å². The molecule has 2 amide bonds. The molecular formula is C12H18N2O3S2. The third-order valence-corrected chi connectivity index (χ3v) is 6.54. The molecule has 5 nitrogen and oxygen atoms in total. The molecule has 7 heteroatoms. The molecule has 3 fully saturated rings. The number of cyclic esters (lactones) is 1. The van der Waals surface area contributed by atoms with Gasteiger partial charge in [-0.3, -0.25) is 9.69 Å². The van der Waals surface area contributed by atoms with E-state index in [0.717, 1.165) is 30.2 Å². The second-order valence-electron chi connectivity index (χ2n) is 4.97. The van der Waals surface area contributed by atoms with E-state index in [1.165, 1.54) is 0 Å². The average molecular weight is 302 g/mol. The Hall–Kier alpha value is -0.560. The minimum absolute atomic E-state index is 0.114. The first-order valence-electron chi connectivity index (χ1n) is 6.67. The first kappa shape index (κ1) is 13.4. The van der Waals surface area contributed by atoms with Crippen molar-refractivity contribution in [1.82, 2.24) is 9.80 Å². The zero-order valence-corrected chi connectivity index (χ0v) is 12.4. The number of rotatable bonds is 2. The van der Waals surface area contributed by atoms with E-state index in [2.05, 4.69) is 0 Å². The first-order valence-corrected chi connectivity index (χ1v) is 8.87. The monoisotopic (exact) mass is 302 g/mol. The number of likely N-dealkylation sites (tertiary alicyclic amines) is 1. The second-order valence-corrected chi connectivity index (χ2v) is 7.43. The molecule has 3 rings (SSSR count). The van der Waals surface area contributed by atoms with E-state index in [4.69, 9.17) is 4.74 Å². The van der Waals surface area contributed by atoms with Crippen LogP contribution in [-0.4, -0.2) is 76.6 Å². The summed E-state index contributed by atoms with van der Waals surface area (Å²) in [7, 11) is 0. The fourth-order valence-electron chi connectivity index (χ4n) is 2.77. The largest absolute Gasteiger partial charge is 0.448 e. The number of carbonyl (C=O) groups is 2. The number of carbonyl (C=O) groups excluding carboxylic acids is 2. The van der Waals surface area contributed by atoms with Gasteiger partial charge >= 0.3 is 6.09 Å². The average Bonchev–Trinajstić information content (AvgIpc) is 3.07. The molecule has 0 N–H and O–H groups in total. The smallest absolute Gasteiger partial charge is 0.410 e. The Kier molecular flexibility index (Phi) is 4.12. The first-order chi connectivity index (χ1) is 9.25. The summed E-state index contributed by atoms with van der Waals surface area (Å²) in [6.45, 7) is 2.60. The van der Waals surface area contributed by atoms with Crippen LogP contribution in [0.25, 0.3) is 0 Å². The molecule has 0 radical (unpaired) electrons. The van der Waals surface area contributed by atoms with Gasteiger partial charge in [-0.05, 0) is 6.42 Å². The molecule has 0 spiro atoms.